The molecule has 0 radical (unpaired) electrons. The van der Waals surface area contributed by atoms with Crippen molar-refractivity contribution in [1.29, 1.82) is 0 Å². The molecule has 96 valence electrons. The number of Topliss-reactive ketones (excluding diaryl/α,β-unsaturated/α-hetero) is 1. The summed E-state index contributed by atoms with van der Waals surface area (Å²) in [6.45, 7) is 0. The molecular weight excluding hydrogens is 280 g/mol. The number of rotatable bonds is 2. The molecule has 3 rings (SSSR count). The molecule has 7 heteroatoms. The molecule has 1 aliphatic rings. The average Bonchev–Trinajstić information content (AvgIpc) is 3.07. The Labute approximate surface area is 118 Å². The fourth-order valence-corrected chi connectivity index (χ4v) is 2.83. The van der Waals surface area contributed by atoms with E-state index in [1.807, 2.05) is 22.9 Å². The molecule has 0 unspecified atom stereocenters. The Morgan fingerprint density at radius 1 is 0.947 bits per heavy atom. The zero-order valence-electron chi connectivity index (χ0n) is 9.94. The van der Waals surface area contributed by atoms with Gasteiger partial charge < -0.3 is 0 Å². The second-order valence-electron chi connectivity index (χ2n) is 4.18. The van der Waals surface area contributed by atoms with Crippen molar-refractivity contribution in [2.75, 3.05) is 0 Å². The van der Waals surface area contributed by atoms with Crippen molar-refractivity contribution in [2.45, 2.75) is 19.3 Å². The van der Waals surface area contributed by atoms with E-state index in [0.717, 1.165) is 41.8 Å². The Balaban J connectivity index is 1.87. The second kappa shape index (κ2) is 5.50. The number of carbonyl (C=O) groups excluding carboxylic acids is 1. The fourth-order valence-electron chi connectivity index (χ4n) is 2.00. The lowest BCUT2D eigenvalue weighted by Crippen LogP contribution is -2.12. The molecular formula is C12H10N4OS2. The second-order valence-corrected chi connectivity index (χ2v) is 5.40. The average molecular weight is 290 g/mol. The summed E-state index contributed by atoms with van der Waals surface area (Å²) in [6, 6.07) is 0. The molecule has 5 nitrogen and oxygen atoms in total. The van der Waals surface area contributed by atoms with Gasteiger partial charge in [-0.15, -0.1) is 10.2 Å². The van der Waals surface area contributed by atoms with Crippen LogP contribution in [0.4, 0.5) is 0 Å². The van der Waals surface area contributed by atoms with Crippen molar-refractivity contribution >= 4 is 41.0 Å². The Morgan fingerprint density at radius 3 is 1.89 bits per heavy atom. The van der Waals surface area contributed by atoms with Gasteiger partial charge in [0.05, 0.1) is 11.4 Å². The number of aromatic nitrogens is 4. The predicted molar refractivity (Wildman–Crippen MR) is 74.6 cm³/mol. The zero-order valence-corrected chi connectivity index (χ0v) is 11.6. The summed E-state index contributed by atoms with van der Waals surface area (Å²) >= 11 is 2.57. The zero-order chi connectivity index (χ0) is 13.1. The van der Waals surface area contributed by atoms with E-state index in [2.05, 4.69) is 19.2 Å². The van der Waals surface area contributed by atoms with Gasteiger partial charge in [-0.3, -0.25) is 4.79 Å². The largest absolute Gasteiger partial charge is 0.289 e. The number of allylic oxidation sites excluding steroid dienone is 2. The molecule has 0 aromatic carbocycles. The van der Waals surface area contributed by atoms with Crippen LogP contribution in [-0.4, -0.2) is 25.0 Å². The number of hydrogen-bond acceptors (Lipinski definition) is 7. The number of ketones is 1. The monoisotopic (exact) mass is 290 g/mol. The van der Waals surface area contributed by atoms with E-state index in [1.54, 1.807) is 0 Å². The Kier molecular flexibility index (Phi) is 3.56. The number of nitrogens with zero attached hydrogens (tertiary/aromatic N) is 4. The van der Waals surface area contributed by atoms with Crippen LogP contribution >= 0.6 is 23.1 Å². The predicted octanol–water partition coefficient (Wildman–Crippen LogP) is 2.61. The van der Waals surface area contributed by atoms with Crippen LogP contribution in [0.25, 0.3) is 12.2 Å². The number of hydrogen-bond donors (Lipinski definition) is 0. The summed E-state index contributed by atoms with van der Waals surface area (Å²) in [5, 5.41) is 11.6. The third kappa shape index (κ3) is 2.82. The Hall–Kier alpha value is -1.73. The first-order valence-corrected chi connectivity index (χ1v) is 7.50. The normalized spacial score (nSPS) is 20.3. The van der Waals surface area contributed by atoms with E-state index >= 15 is 0 Å². The third-order valence-electron chi connectivity index (χ3n) is 2.87. The molecule has 2 aromatic rings. The molecule has 0 N–H and O–H groups in total. The van der Waals surface area contributed by atoms with Crippen LogP contribution < -0.4 is 0 Å². The van der Waals surface area contributed by atoms with Crippen LogP contribution in [0.5, 0.6) is 0 Å². The Bertz CT molecular complexity index is 575. The maximum Gasteiger partial charge on any atom is 0.185 e. The minimum absolute atomic E-state index is 0.0900. The van der Waals surface area contributed by atoms with Gasteiger partial charge in [0.1, 0.15) is 0 Å². The van der Waals surface area contributed by atoms with Crippen molar-refractivity contribution < 1.29 is 4.79 Å². The van der Waals surface area contributed by atoms with Crippen LogP contribution in [-0.2, 0) is 4.79 Å². The van der Waals surface area contributed by atoms with Crippen LogP contribution in [0.2, 0.25) is 0 Å². The minimum atomic E-state index is 0.0900. The summed E-state index contributed by atoms with van der Waals surface area (Å²) in [5.41, 5.74) is 3.11. The molecule has 0 atom stereocenters. The van der Waals surface area contributed by atoms with E-state index in [-0.39, 0.29) is 5.78 Å². The molecule has 2 aromatic heterocycles. The van der Waals surface area contributed by atoms with Gasteiger partial charge in [0.15, 0.2) is 5.78 Å². The Morgan fingerprint density at radius 2 is 1.47 bits per heavy atom. The van der Waals surface area contributed by atoms with Gasteiger partial charge in [-0.05, 0) is 54.5 Å². The van der Waals surface area contributed by atoms with Crippen LogP contribution in [0, 0.1) is 0 Å². The highest BCUT2D eigenvalue weighted by Crippen LogP contribution is 2.27. The van der Waals surface area contributed by atoms with E-state index < -0.39 is 0 Å². The van der Waals surface area contributed by atoms with Crippen molar-refractivity contribution in [1.82, 2.24) is 19.2 Å². The number of carbonyl (C=O) groups is 1. The van der Waals surface area contributed by atoms with Crippen molar-refractivity contribution in [3.63, 3.8) is 0 Å². The SMILES string of the molecule is O=C1C(=Cc2csnn2)CCCC1=Cc1csnn1. The molecule has 2 heterocycles. The van der Waals surface area contributed by atoms with E-state index in [0.29, 0.717) is 0 Å². The molecule has 0 amide bonds. The smallest absolute Gasteiger partial charge is 0.185 e. The van der Waals surface area contributed by atoms with Crippen LogP contribution in [0.3, 0.4) is 0 Å². The molecule has 0 bridgehead atoms. The first-order valence-electron chi connectivity index (χ1n) is 5.83. The van der Waals surface area contributed by atoms with E-state index in [4.69, 9.17) is 0 Å². The van der Waals surface area contributed by atoms with Gasteiger partial charge in [0, 0.05) is 21.9 Å². The van der Waals surface area contributed by atoms with Crippen molar-refractivity contribution in [3.8, 4) is 0 Å². The lowest BCUT2D eigenvalue weighted by atomic mass is 9.88. The van der Waals surface area contributed by atoms with Crippen molar-refractivity contribution in [2.24, 2.45) is 0 Å². The fraction of sp³-hybridized carbons (Fsp3) is 0.250. The lowest BCUT2D eigenvalue weighted by molar-refractivity contribution is -0.112. The lowest BCUT2D eigenvalue weighted by Gasteiger charge is -2.15. The molecule has 0 aliphatic heterocycles. The summed E-state index contributed by atoms with van der Waals surface area (Å²) < 4.78 is 7.59. The van der Waals surface area contributed by atoms with Gasteiger partial charge in [0.25, 0.3) is 0 Å². The molecule has 1 fully saturated rings. The van der Waals surface area contributed by atoms with Crippen molar-refractivity contribution in [3.05, 3.63) is 33.3 Å². The maximum atomic E-state index is 12.4. The minimum Gasteiger partial charge on any atom is -0.289 e. The van der Waals surface area contributed by atoms with E-state index in [9.17, 15) is 4.79 Å². The summed E-state index contributed by atoms with van der Waals surface area (Å²) in [6.07, 6.45) is 6.22. The molecule has 1 aliphatic carbocycles. The van der Waals surface area contributed by atoms with Gasteiger partial charge >= 0.3 is 0 Å². The molecule has 19 heavy (non-hydrogen) atoms. The molecule has 0 spiro atoms. The summed E-state index contributed by atoms with van der Waals surface area (Å²) in [4.78, 5) is 12.4. The maximum absolute atomic E-state index is 12.4. The van der Waals surface area contributed by atoms with Gasteiger partial charge in [0.2, 0.25) is 0 Å². The molecule has 1 saturated carbocycles. The molecule has 0 saturated heterocycles. The first-order chi connectivity index (χ1) is 9.33. The quantitative estimate of drug-likeness (QED) is 0.795. The topological polar surface area (TPSA) is 68.6 Å². The third-order valence-corrected chi connectivity index (χ3v) is 3.92. The van der Waals surface area contributed by atoms with Crippen LogP contribution in [0.15, 0.2) is 21.9 Å². The van der Waals surface area contributed by atoms with E-state index in [1.165, 1.54) is 23.1 Å². The highest BCUT2D eigenvalue weighted by Gasteiger charge is 2.21. The van der Waals surface area contributed by atoms with Gasteiger partial charge in [-0.1, -0.05) is 8.98 Å². The summed E-state index contributed by atoms with van der Waals surface area (Å²) in [5.74, 6) is 0.0900. The highest BCUT2D eigenvalue weighted by molar-refractivity contribution is 7.03. The van der Waals surface area contributed by atoms with Crippen LogP contribution in [0.1, 0.15) is 30.7 Å². The standard InChI is InChI=1S/C12H10N4OS2/c17-12-8(4-10-6-18-15-13-10)2-1-3-9(12)5-11-7-19-16-14-11/h4-7H,1-3H2. The van der Waals surface area contributed by atoms with Gasteiger partial charge in [-0.2, -0.15) is 0 Å². The first kappa shape index (κ1) is 12.3. The van der Waals surface area contributed by atoms with Gasteiger partial charge in [-0.25, -0.2) is 0 Å². The summed E-state index contributed by atoms with van der Waals surface area (Å²) in [7, 11) is 0. The highest BCUT2D eigenvalue weighted by atomic mass is 32.1.